The maximum Gasteiger partial charge on any atom is 0.273 e. The Bertz CT molecular complexity index is 981. The first-order valence-electron chi connectivity index (χ1n) is 8.38. The van der Waals surface area contributed by atoms with Crippen LogP contribution in [-0.4, -0.2) is 16.8 Å². The molecule has 0 fully saturated rings. The van der Waals surface area contributed by atoms with Gasteiger partial charge in [0.25, 0.3) is 5.91 Å². The van der Waals surface area contributed by atoms with Crippen molar-refractivity contribution in [3.8, 4) is 5.75 Å². The van der Waals surface area contributed by atoms with Crippen LogP contribution in [0.2, 0.25) is 5.02 Å². The number of hydrazine groups is 1. The van der Waals surface area contributed by atoms with E-state index in [0.29, 0.717) is 40.2 Å². The van der Waals surface area contributed by atoms with Gasteiger partial charge >= 0.3 is 0 Å². The normalized spacial score (nSPS) is 10.5. The van der Waals surface area contributed by atoms with E-state index in [1.165, 1.54) is 11.3 Å². The molecule has 0 radical (unpaired) electrons. The molecule has 0 saturated carbocycles. The van der Waals surface area contributed by atoms with Gasteiger partial charge in [0, 0.05) is 10.4 Å². The van der Waals surface area contributed by atoms with Gasteiger partial charge in [-0.05, 0) is 44.2 Å². The van der Waals surface area contributed by atoms with Crippen molar-refractivity contribution in [2.24, 2.45) is 0 Å². The molecule has 146 valence electrons. The number of benzene rings is 1. The molecule has 7 nitrogen and oxygen atoms in total. The molecule has 0 unspecified atom stereocenters. The Balaban J connectivity index is 1.46. The zero-order valence-corrected chi connectivity index (χ0v) is 16.8. The molecule has 9 heteroatoms. The van der Waals surface area contributed by atoms with Crippen molar-refractivity contribution in [2.45, 2.75) is 26.9 Å². The standard InChI is InChI=1S/C19H18ClN3O4S/c1-11-7-16(12(2)27-11)19(25)23-22-17(24)8-14-10-28-18(21-14)9-26-15-5-3-13(20)4-6-15/h3-7,10H,8-9H2,1-2H3,(H,22,24)(H,23,25). The van der Waals surface area contributed by atoms with Gasteiger partial charge in [0.15, 0.2) is 0 Å². The third kappa shape index (κ3) is 5.34. The second-order valence-corrected chi connectivity index (χ2v) is 7.36. The number of halogens is 1. The highest BCUT2D eigenvalue weighted by Gasteiger charge is 2.15. The number of carbonyl (C=O) groups is 2. The minimum atomic E-state index is -0.432. The fourth-order valence-electron chi connectivity index (χ4n) is 2.43. The van der Waals surface area contributed by atoms with E-state index in [2.05, 4.69) is 15.8 Å². The molecule has 3 aromatic rings. The Morgan fingerprint density at radius 2 is 1.96 bits per heavy atom. The van der Waals surface area contributed by atoms with Crippen LogP contribution in [-0.2, 0) is 17.8 Å². The fraction of sp³-hybridized carbons (Fsp3) is 0.211. The molecule has 0 bridgehead atoms. The summed E-state index contributed by atoms with van der Waals surface area (Å²) in [6, 6.07) is 8.65. The summed E-state index contributed by atoms with van der Waals surface area (Å²) >= 11 is 7.23. The monoisotopic (exact) mass is 419 g/mol. The predicted molar refractivity (Wildman–Crippen MR) is 105 cm³/mol. The average Bonchev–Trinajstić information content (AvgIpc) is 3.24. The molecule has 0 aliphatic rings. The van der Waals surface area contributed by atoms with E-state index in [-0.39, 0.29) is 12.3 Å². The average molecular weight is 420 g/mol. The summed E-state index contributed by atoms with van der Waals surface area (Å²) in [4.78, 5) is 28.5. The number of hydrogen-bond donors (Lipinski definition) is 2. The third-order valence-corrected chi connectivity index (χ3v) is 4.84. The summed E-state index contributed by atoms with van der Waals surface area (Å²) in [5.74, 6) is 1.00. The van der Waals surface area contributed by atoms with Crippen LogP contribution in [0.1, 0.15) is 32.6 Å². The summed E-state index contributed by atoms with van der Waals surface area (Å²) in [5.41, 5.74) is 5.73. The molecular formula is C19H18ClN3O4S. The van der Waals surface area contributed by atoms with E-state index in [0.717, 1.165) is 5.01 Å². The zero-order chi connectivity index (χ0) is 20.1. The number of ether oxygens (including phenoxy) is 1. The molecular weight excluding hydrogens is 402 g/mol. The first kappa shape index (κ1) is 19.9. The molecule has 2 amide bonds. The van der Waals surface area contributed by atoms with Crippen LogP contribution in [0.4, 0.5) is 0 Å². The highest BCUT2D eigenvalue weighted by atomic mass is 35.5. The van der Waals surface area contributed by atoms with E-state index in [4.69, 9.17) is 20.8 Å². The van der Waals surface area contributed by atoms with Gasteiger partial charge in [-0.25, -0.2) is 4.98 Å². The minimum Gasteiger partial charge on any atom is -0.486 e. The fourth-order valence-corrected chi connectivity index (χ4v) is 3.26. The van der Waals surface area contributed by atoms with Gasteiger partial charge < -0.3 is 9.15 Å². The van der Waals surface area contributed by atoms with E-state index >= 15 is 0 Å². The summed E-state index contributed by atoms with van der Waals surface area (Å²) < 4.78 is 10.9. The molecule has 2 N–H and O–H groups in total. The van der Waals surface area contributed by atoms with Gasteiger partial charge in [-0.3, -0.25) is 20.4 Å². The van der Waals surface area contributed by atoms with Crippen molar-refractivity contribution >= 4 is 34.8 Å². The van der Waals surface area contributed by atoms with E-state index in [1.807, 2.05) is 0 Å². The quantitative estimate of drug-likeness (QED) is 0.595. The van der Waals surface area contributed by atoms with Crippen molar-refractivity contribution in [1.82, 2.24) is 15.8 Å². The van der Waals surface area contributed by atoms with Gasteiger partial charge in [0.1, 0.15) is 28.9 Å². The Kier molecular flexibility index (Phi) is 6.33. The molecule has 0 saturated heterocycles. The number of furan rings is 1. The third-order valence-electron chi connectivity index (χ3n) is 3.72. The summed E-state index contributed by atoms with van der Waals surface area (Å²) in [7, 11) is 0. The number of thiazole rings is 1. The molecule has 0 aliphatic carbocycles. The van der Waals surface area contributed by atoms with E-state index < -0.39 is 5.91 Å². The topological polar surface area (TPSA) is 93.5 Å². The largest absolute Gasteiger partial charge is 0.486 e. The summed E-state index contributed by atoms with van der Waals surface area (Å²) in [5, 5.41) is 3.16. The predicted octanol–water partition coefficient (Wildman–Crippen LogP) is 3.59. The zero-order valence-electron chi connectivity index (χ0n) is 15.2. The van der Waals surface area contributed by atoms with Crippen LogP contribution in [0.3, 0.4) is 0 Å². The second kappa shape index (κ2) is 8.90. The number of rotatable bonds is 6. The first-order valence-corrected chi connectivity index (χ1v) is 9.64. The van der Waals surface area contributed by atoms with Crippen molar-refractivity contribution in [1.29, 1.82) is 0 Å². The van der Waals surface area contributed by atoms with Crippen molar-refractivity contribution in [3.63, 3.8) is 0 Å². The Morgan fingerprint density at radius 1 is 1.21 bits per heavy atom. The van der Waals surface area contributed by atoms with Crippen LogP contribution in [0, 0.1) is 13.8 Å². The van der Waals surface area contributed by atoms with Crippen LogP contribution in [0.15, 0.2) is 40.1 Å². The van der Waals surface area contributed by atoms with Crippen LogP contribution < -0.4 is 15.6 Å². The molecule has 2 heterocycles. The smallest absolute Gasteiger partial charge is 0.273 e. The lowest BCUT2D eigenvalue weighted by Gasteiger charge is -2.06. The number of aromatic nitrogens is 1. The number of hydrogen-bond acceptors (Lipinski definition) is 6. The SMILES string of the molecule is Cc1cc(C(=O)NNC(=O)Cc2csc(COc3ccc(Cl)cc3)n2)c(C)o1. The molecule has 2 aromatic heterocycles. The number of amides is 2. The summed E-state index contributed by atoms with van der Waals surface area (Å²) in [6.45, 7) is 3.73. The lowest BCUT2D eigenvalue weighted by atomic mass is 10.2. The van der Waals surface area contributed by atoms with Gasteiger partial charge in [-0.2, -0.15) is 0 Å². The van der Waals surface area contributed by atoms with Crippen molar-refractivity contribution in [3.05, 3.63) is 68.5 Å². The summed E-state index contributed by atoms with van der Waals surface area (Å²) in [6.07, 6.45) is 0.0428. The Morgan fingerprint density at radius 3 is 2.64 bits per heavy atom. The van der Waals surface area contributed by atoms with Crippen LogP contribution >= 0.6 is 22.9 Å². The minimum absolute atomic E-state index is 0.0428. The van der Waals surface area contributed by atoms with E-state index in [1.54, 1.807) is 49.6 Å². The second-order valence-electron chi connectivity index (χ2n) is 5.98. The number of nitrogens with one attached hydrogen (secondary N) is 2. The molecule has 0 spiro atoms. The van der Waals surface area contributed by atoms with Crippen molar-refractivity contribution in [2.75, 3.05) is 0 Å². The van der Waals surface area contributed by atoms with E-state index in [9.17, 15) is 9.59 Å². The lowest BCUT2D eigenvalue weighted by Crippen LogP contribution is -2.42. The van der Waals surface area contributed by atoms with Crippen LogP contribution in [0.25, 0.3) is 0 Å². The van der Waals surface area contributed by atoms with Gasteiger partial charge in [-0.15, -0.1) is 11.3 Å². The maximum atomic E-state index is 12.1. The van der Waals surface area contributed by atoms with Gasteiger partial charge in [0.05, 0.1) is 17.7 Å². The Labute approximate surface area is 170 Å². The molecule has 0 atom stereocenters. The first-order chi connectivity index (χ1) is 13.4. The maximum absolute atomic E-state index is 12.1. The number of nitrogens with zero attached hydrogens (tertiary/aromatic N) is 1. The molecule has 1 aromatic carbocycles. The molecule has 28 heavy (non-hydrogen) atoms. The number of aryl methyl sites for hydroxylation is 2. The lowest BCUT2D eigenvalue weighted by molar-refractivity contribution is -0.121. The van der Waals surface area contributed by atoms with Crippen molar-refractivity contribution < 1.29 is 18.7 Å². The van der Waals surface area contributed by atoms with Crippen LogP contribution in [0.5, 0.6) is 5.75 Å². The van der Waals surface area contributed by atoms with Gasteiger partial charge in [-0.1, -0.05) is 11.6 Å². The molecule has 3 rings (SSSR count). The van der Waals surface area contributed by atoms with Gasteiger partial charge in [0.2, 0.25) is 5.91 Å². The highest BCUT2D eigenvalue weighted by Crippen LogP contribution is 2.18. The number of carbonyl (C=O) groups excluding carboxylic acids is 2. The molecule has 0 aliphatic heterocycles. The highest BCUT2D eigenvalue weighted by molar-refractivity contribution is 7.09. The Hall–Kier alpha value is -2.84.